The molecule has 1 saturated heterocycles. The van der Waals surface area contributed by atoms with Gasteiger partial charge in [0.1, 0.15) is 5.75 Å². The first-order valence-corrected chi connectivity index (χ1v) is 10.6. The maximum atomic E-state index is 13.1. The molecule has 0 aromatic heterocycles. The van der Waals surface area contributed by atoms with E-state index in [0.29, 0.717) is 37.7 Å². The second-order valence-electron chi connectivity index (χ2n) is 6.19. The van der Waals surface area contributed by atoms with E-state index in [4.69, 9.17) is 31.2 Å². The molecule has 0 spiro atoms. The minimum Gasteiger partial charge on any atom is -0.495 e. The summed E-state index contributed by atoms with van der Waals surface area (Å²) in [6.45, 7) is 1.75. The van der Waals surface area contributed by atoms with Gasteiger partial charge in [0.05, 0.1) is 31.4 Å². The summed E-state index contributed by atoms with van der Waals surface area (Å²) in [7, 11) is 3.05. The summed E-state index contributed by atoms with van der Waals surface area (Å²) < 4.78 is 21.5. The van der Waals surface area contributed by atoms with Crippen molar-refractivity contribution in [3.05, 3.63) is 52.9 Å². The van der Waals surface area contributed by atoms with Crippen LogP contribution in [0.3, 0.4) is 0 Å². The predicted octanol–water partition coefficient (Wildman–Crippen LogP) is 4.05. The number of methoxy groups -OCH3 is 2. The molecule has 1 fully saturated rings. The van der Waals surface area contributed by atoms with Crippen LogP contribution in [0.25, 0.3) is 6.08 Å². The fraction of sp³-hybridized carbons (Fsp3) is 0.227. The van der Waals surface area contributed by atoms with Crippen LogP contribution < -0.4 is 19.1 Å². The molecule has 1 heterocycles. The molecule has 2 aromatic rings. The second-order valence-corrected chi connectivity index (χ2v) is 7.87. The smallest absolute Gasteiger partial charge is 0.344 e. The highest BCUT2D eigenvalue weighted by Crippen LogP contribution is 2.40. The summed E-state index contributed by atoms with van der Waals surface area (Å²) in [5.74, 6) is 0.656. The summed E-state index contributed by atoms with van der Waals surface area (Å²) in [4.78, 5) is 26.6. The van der Waals surface area contributed by atoms with Crippen LogP contribution in [-0.2, 0) is 14.3 Å². The lowest BCUT2D eigenvalue weighted by Crippen LogP contribution is -2.27. The van der Waals surface area contributed by atoms with Crippen molar-refractivity contribution in [2.75, 3.05) is 32.3 Å². The number of thiocarbonyl (C=S) groups is 1. The number of ether oxygens (including phenoxy) is 4. The highest BCUT2D eigenvalue weighted by molar-refractivity contribution is 8.27. The molecular formula is C22H21NO6S2. The van der Waals surface area contributed by atoms with Crippen molar-refractivity contribution in [3.8, 4) is 17.2 Å². The Balaban J connectivity index is 1.86. The number of rotatable bonds is 8. The zero-order valence-electron chi connectivity index (χ0n) is 17.2. The van der Waals surface area contributed by atoms with Gasteiger partial charge in [-0.2, -0.15) is 0 Å². The van der Waals surface area contributed by atoms with Crippen molar-refractivity contribution in [1.29, 1.82) is 0 Å². The number of nitrogens with zero attached hydrogens (tertiary/aromatic N) is 1. The highest BCUT2D eigenvalue weighted by Gasteiger charge is 2.34. The van der Waals surface area contributed by atoms with Gasteiger partial charge in [-0.1, -0.05) is 42.2 Å². The van der Waals surface area contributed by atoms with Crippen LogP contribution in [0.4, 0.5) is 5.69 Å². The average molecular weight is 460 g/mol. The number of carbonyl (C=O) groups excluding carboxylic acids is 2. The van der Waals surface area contributed by atoms with Crippen LogP contribution in [-0.4, -0.2) is 43.6 Å². The molecule has 2 aromatic carbocycles. The van der Waals surface area contributed by atoms with E-state index in [0.717, 1.165) is 0 Å². The molecule has 31 heavy (non-hydrogen) atoms. The molecule has 1 aliphatic heterocycles. The number of hydrogen-bond acceptors (Lipinski definition) is 8. The minimum atomic E-state index is -0.479. The molecule has 0 bridgehead atoms. The first-order valence-electron chi connectivity index (χ1n) is 9.36. The van der Waals surface area contributed by atoms with E-state index in [1.807, 2.05) is 12.1 Å². The van der Waals surface area contributed by atoms with Crippen LogP contribution in [0.15, 0.2) is 47.4 Å². The summed E-state index contributed by atoms with van der Waals surface area (Å²) in [6, 6.07) is 12.4. The first kappa shape index (κ1) is 22.6. The molecule has 1 aliphatic rings. The molecule has 0 atom stereocenters. The van der Waals surface area contributed by atoms with E-state index >= 15 is 0 Å². The van der Waals surface area contributed by atoms with Gasteiger partial charge in [0.25, 0.3) is 5.91 Å². The topological polar surface area (TPSA) is 74.3 Å². The Morgan fingerprint density at radius 3 is 2.55 bits per heavy atom. The summed E-state index contributed by atoms with van der Waals surface area (Å²) in [6.07, 6.45) is 1.71. The Kier molecular flexibility index (Phi) is 7.54. The number of esters is 1. The van der Waals surface area contributed by atoms with Crippen molar-refractivity contribution < 1.29 is 28.5 Å². The van der Waals surface area contributed by atoms with Gasteiger partial charge in [0.15, 0.2) is 22.4 Å². The molecule has 1 amide bonds. The SMILES string of the molecule is CCOC(=O)COc1cc(/C=C2\SC(=S)N(c3ccccc3OC)C2=O)ccc1OC. The van der Waals surface area contributed by atoms with Crippen molar-refractivity contribution in [2.24, 2.45) is 0 Å². The van der Waals surface area contributed by atoms with Crippen LogP contribution >= 0.6 is 24.0 Å². The zero-order valence-corrected chi connectivity index (χ0v) is 18.9. The maximum Gasteiger partial charge on any atom is 0.344 e. The molecule has 9 heteroatoms. The van der Waals surface area contributed by atoms with E-state index in [9.17, 15) is 9.59 Å². The first-order chi connectivity index (χ1) is 15.0. The minimum absolute atomic E-state index is 0.246. The summed E-state index contributed by atoms with van der Waals surface area (Å²) >= 11 is 6.63. The number of para-hydroxylation sites is 2. The van der Waals surface area contributed by atoms with Crippen molar-refractivity contribution in [2.45, 2.75) is 6.92 Å². The number of benzene rings is 2. The molecule has 0 aliphatic carbocycles. The molecule has 3 rings (SSSR count). The largest absolute Gasteiger partial charge is 0.495 e. The third-order valence-corrected chi connectivity index (χ3v) is 5.56. The lowest BCUT2D eigenvalue weighted by Gasteiger charge is -2.17. The number of hydrogen-bond donors (Lipinski definition) is 0. The molecular weight excluding hydrogens is 438 g/mol. The molecule has 0 N–H and O–H groups in total. The van der Waals surface area contributed by atoms with E-state index in [1.165, 1.54) is 23.8 Å². The van der Waals surface area contributed by atoms with Crippen LogP contribution in [0.5, 0.6) is 17.2 Å². The second kappa shape index (κ2) is 10.3. The number of thioether (sulfide) groups is 1. The van der Waals surface area contributed by atoms with Crippen molar-refractivity contribution in [1.82, 2.24) is 0 Å². The standard InChI is InChI=1S/C22H21NO6S2/c1-4-28-20(24)13-29-18-11-14(9-10-17(18)27-3)12-19-21(25)23(22(30)31-19)15-7-5-6-8-16(15)26-2/h5-12H,4,13H2,1-3H3/b19-12-. The Morgan fingerprint density at radius 1 is 1.10 bits per heavy atom. The molecule has 0 unspecified atom stereocenters. The lowest BCUT2D eigenvalue weighted by atomic mass is 10.1. The van der Waals surface area contributed by atoms with Crippen LogP contribution in [0.1, 0.15) is 12.5 Å². The van der Waals surface area contributed by atoms with Gasteiger partial charge >= 0.3 is 5.97 Å². The molecule has 162 valence electrons. The zero-order chi connectivity index (χ0) is 22.4. The van der Waals surface area contributed by atoms with E-state index in [-0.39, 0.29) is 19.1 Å². The highest BCUT2D eigenvalue weighted by atomic mass is 32.2. The normalized spacial score (nSPS) is 14.7. The van der Waals surface area contributed by atoms with E-state index < -0.39 is 5.97 Å². The molecule has 7 nitrogen and oxygen atoms in total. The van der Waals surface area contributed by atoms with Gasteiger partial charge in [-0.25, -0.2) is 4.79 Å². The fourth-order valence-electron chi connectivity index (χ4n) is 2.88. The third kappa shape index (κ3) is 5.18. The number of anilines is 1. The van der Waals surface area contributed by atoms with Gasteiger partial charge in [-0.3, -0.25) is 9.69 Å². The van der Waals surface area contributed by atoms with Crippen LogP contribution in [0.2, 0.25) is 0 Å². The van der Waals surface area contributed by atoms with E-state index in [2.05, 4.69) is 0 Å². The van der Waals surface area contributed by atoms with Gasteiger partial charge in [-0.15, -0.1) is 0 Å². The fourth-order valence-corrected chi connectivity index (χ4v) is 4.16. The number of amides is 1. The van der Waals surface area contributed by atoms with Gasteiger partial charge in [0, 0.05) is 0 Å². The van der Waals surface area contributed by atoms with Crippen LogP contribution in [0, 0.1) is 0 Å². The van der Waals surface area contributed by atoms with Crippen molar-refractivity contribution in [3.63, 3.8) is 0 Å². The van der Waals surface area contributed by atoms with E-state index in [1.54, 1.807) is 50.4 Å². The lowest BCUT2D eigenvalue weighted by molar-refractivity contribution is -0.145. The van der Waals surface area contributed by atoms with Gasteiger partial charge < -0.3 is 18.9 Å². The molecule has 0 saturated carbocycles. The molecule has 0 radical (unpaired) electrons. The quantitative estimate of drug-likeness (QED) is 0.333. The Labute approximate surface area is 189 Å². The average Bonchev–Trinajstić information content (AvgIpc) is 3.05. The predicted molar refractivity (Wildman–Crippen MR) is 124 cm³/mol. The van der Waals surface area contributed by atoms with Crippen molar-refractivity contribution >= 4 is 51.9 Å². The van der Waals surface area contributed by atoms with Gasteiger partial charge in [-0.05, 0) is 42.8 Å². The number of carbonyl (C=O) groups is 2. The summed E-state index contributed by atoms with van der Waals surface area (Å²) in [5.41, 5.74) is 1.28. The summed E-state index contributed by atoms with van der Waals surface area (Å²) in [5, 5.41) is 0. The maximum absolute atomic E-state index is 13.1. The monoisotopic (exact) mass is 459 g/mol. The third-order valence-electron chi connectivity index (χ3n) is 4.26. The van der Waals surface area contributed by atoms with Gasteiger partial charge in [0.2, 0.25) is 0 Å². The Bertz CT molecular complexity index is 1040. The Morgan fingerprint density at radius 2 is 1.84 bits per heavy atom. The Hall–Kier alpha value is -3.04.